The van der Waals surface area contributed by atoms with E-state index in [0.717, 1.165) is 6.07 Å². The largest absolute Gasteiger partial charge is 1.00 e. The van der Waals surface area contributed by atoms with E-state index in [-0.39, 0.29) is 35.2 Å². The van der Waals surface area contributed by atoms with Crippen LogP contribution < -0.4 is 18.9 Å². The molecule has 0 aliphatic heterocycles. The summed E-state index contributed by atoms with van der Waals surface area (Å²) in [6, 6.07) is 7.26. The Kier molecular flexibility index (Phi) is 5.68. The molecule has 0 heterocycles. The summed E-state index contributed by atoms with van der Waals surface area (Å²) in [4.78, 5) is -0.567. The van der Waals surface area contributed by atoms with Gasteiger partial charge in [-0.3, -0.25) is 0 Å². The molecule has 0 unspecified atom stereocenters. The summed E-state index contributed by atoms with van der Waals surface area (Å²) in [7, 11) is -4.79. The fourth-order valence-electron chi connectivity index (χ4n) is 2.05. The van der Waals surface area contributed by atoms with Gasteiger partial charge in [0.2, 0.25) is 0 Å². The quantitative estimate of drug-likeness (QED) is 0.457. The van der Waals surface area contributed by atoms with Gasteiger partial charge >= 0.3 is 31.2 Å². The molecule has 0 N–H and O–H groups in total. The first kappa shape index (κ1) is 19.0. The van der Waals surface area contributed by atoms with Gasteiger partial charge in [0.25, 0.3) is 0 Å². The van der Waals surface area contributed by atoms with Gasteiger partial charge in [-0.15, -0.1) is 0 Å². The molecular weight excluding hydrogens is 319 g/mol. The number of alkyl halides is 4. The van der Waals surface area contributed by atoms with Crippen molar-refractivity contribution >= 4 is 20.9 Å². The summed E-state index contributed by atoms with van der Waals surface area (Å²) in [5.74, 6) is -4.24. The Morgan fingerprint density at radius 2 is 1.59 bits per heavy atom. The predicted molar refractivity (Wildman–Crippen MR) is 66.6 cm³/mol. The number of fused-ring (bicyclic) bond motifs is 1. The first-order valence-corrected chi connectivity index (χ1v) is 7.16. The molecule has 22 heavy (non-hydrogen) atoms. The van der Waals surface area contributed by atoms with Crippen molar-refractivity contribution in [1.29, 1.82) is 0 Å². The van der Waals surface area contributed by atoms with Gasteiger partial charge in [-0.2, -0.15) is 8.78 Å². The molecule has 0 atom stereocenters. The van der Waals surface area contributed by atoms with Gasteiger partial charge in [0.1, 0.15) is 10.1 Å². The molecule has 0 amide bonds. The van der Waals surface area contributed by atoms with Crippen molar-refractivity contribution in [1.82, 2.24) is 0 Å². The molecule has 2 aromatic carbocycles. The summed E-state index contributed by atoms with van der Waals surface area (Å²) in [6.07, 6.45) is -5.08. The zero-order valence-corrected chi connectivity index (χ0v) is 12.2. The van der Waals surface area contributed by atoms with Gasteiger partial charge in [0.05, 0.1) is 4.90 Å². The molecule has 0 saturated heterocycles. The first-order chi connectivity index (χ1) is 9.63. The molecule has 0 bridgehead atoms. The zero-order valence-electron chi connectivity index (χ0n) is 11.4. The fourth-order valence-corrected chi connectivity index (χ4v) is 2.74. The molecule has 114 valence electrons. The van der Waals surface area contributed by atoms with Gasteiger partial charge in [0, 0.05) is 6.42 Å². The summed E-state index contributed by atoms with van der Waals surface area (Å²) >= 11 is 0. The van der Waals surface area contributed by atoms with Crippen molar-refractivity contribution in [2.75, 3.05) is 0 Å². The van der Waals surface area contributed by atoms with Crippen LogP contribution in [0.15, 0.2) is 41.3 Å². The Morgan fingerprint density at radius 1 is 1.05 bits per heavy atom. The van der Waals surface area contributed by atoms with Crippen LogP contribution in [0.25, 0.3) is 10.8 Å². The SMILES string of the molecule is O=S(=O)([O-])c1cccc2c(CC(F)(F)C(F)F)cccc12.[Li+]. The second-order valence-electron chi connectivity index (χ2n) is 4.46. The van der Waals surface area contributed by atoms with E-state index in [2.05, 4.69) is 0 Å². The van der Waals surface area contributed by atoms with E-state index in [1.54, 1.807) is 0 Å². The number of hydrogen-bond donors (Lipinski definition) is 0. The summed E-state index contributed by atoms with van der Waals surface area (Å²) in [6.45, 7) is 0. The van der Waals surface area contributed by atoms with Crippen molar-refractivity contribution in [2.24, 2.45) is 0 Å². The Labute approximate surface area is 136 Å². The maximum Gasteiger partial charge on any atom is 1.00 e. The molecular formula is C13H9F4LiO3S. The van der Waals surface area contributed by atoms with E-state index in [1.165, 1.54) is 30.3 Å². The molecule has 3 nitrogen and oxygen atoms in total. The molecule has 0 fully saturated rings. The van der Waals surface area contributed by atoms with E-state index in [9.17, 15) is 30.5 Å². The molecule has 2 rings (SSSR count). The van der Waals surface area contributed by atoms with E-state index in [0.29, 0.717) is 0 Å². The minimum atomic E-state index is -4.79. The number of hydrogen-bond acceptors (Lipinski definition) is 3. The third-order valence-electron chi connectivity index (χ3n) is 2.99. The second kappa shape index (κ2) is 6.58. The van der Waals surface area contributed by atoms with Gasteiger partial charge in [0.15, 0.2) is 0 Å². The molecule has 0 aliphatic carbocycles. The van der Waals surface area contributed by atoms with Gasteiger partial charge in [-0.05, 0) is 22.4 Å². The molecule has 0 aromatic heterocycles. The van der Waals surface area contributed by atoms with E-state index >= 15 is 0 Å². The van der Waals surface area contributed by atoms with Gasteiger partial charge in [-0.1, -0.05) is 30.3 Å². The third-order valence-corrected chi connectivity index (χ3v) is 3.88. The molecule has 0 radical (unpaired) electrons. The summed E-state index contributed by atoms with van der Waals surface area (Å²) < 4.78 is 84.3. The molecule has 9 heteroatoms. The topological polar surface area (TPSA) is 57.2 Å². The Morgan fingerprint density at radius 3 is 2.14 bits per heavy atom. The summed E-state index contributed by atoms with van der Waals surface area (Å²) in [5, 5.41) is -0.0233. The van der Waals surface area contributed by atoms with Crippen molar-refractivity contribution in [3.63, 3.8) is 0 Å². The first-order valence-electron chi connectivity index (χ1n) is 5.75. The van der Waals surface area contributed by atoms with Crippen LogP contribution in [0.2, 0.25) is 0 Å². The number of rotatable bonds is 4. The van der Waals surface area contributed by atoms with Crippen molar-refractivity contribution in [3.05, 3.63) is 42.0 Å². The summed E-state index contributed by atoms with van der Waals surface area (Å²) in [5.41, 5.74) is -0.150. The van der Waals surface area contributed by atoms with Crippen LogP contribution in [0.1, 0.15) is 5.56 Å². The third kappa shape index (κ3) is 3.82. The average molecular weight is 328 g/mol. The Hall–Kier alpha value is -1.07. The van der Waals surface area contributed by atoms with Crippen LogP contribution in [0, 0.1) is 0 Å². The monoisotopic (exact) mass is 328 g/mol. The predicted octanol–water partition coefficient (Wildman–Crippen LogP) is 0.191. The van der Waals surface area contributed by atoms with Gasteiger partial charge < -0.3 is 4.55 Å². The van der Waals surface area contributed by atoms with Crippen molar-refractivity contribution < 1.29 is 49.4 Å². The number of halogens is 4. The molecule has 0 saturated carbocycles. The van der Waals surface area contributed by atoms with E-state index in [1.807, 2.05) is 0 Å². The maximum atomic E-state index is 13.2. The Balaban J connectivity index is 0.00000242. The number of benzene rings is 2. The zero-order chi connectivity index (χ0) is 15.8. The smallest absolute Gasteiger partial charge is 0.744 e. The maximum absolute atomic E-state index is 13.2. The van der Waals surface area contributed by atoms with E-state index in [4.69, 9.17) is 0 Å². The molecule has 0 aliphatic rings. The van der Waals surface area contributed by atoms with Crippen LogP contribution in [0.3, 0.4) is 0 Å². The van der Waals surface area contributed by atoms with Crippen molar-refractivity contribution in [3.8, 4) is 0 Å². The van der Waals surface area contributed by atoms with E-state index < -0.39 is 33.8 Å². The van der Waals surface area contributed by atoms with Crippen LogP contribution in [-0.4, -0.2) is 25.3 Å². The van der Waals surface area contributed by atoms with Crippen LogP contribution in [0.4, 0.5) is 17.6 Å². The standard InChI is InChI=1S/C13H10F4O3S.Li/c14-12(15)13(16,17)7-8-3-1-5-10-9(8)4-2-6-11(10)21(18,19)20;/h1-6,12H,7H2,(H,18,19,20);/q;+1/p-1. The minimum absolute atomic E-state index is 0. The van der Waals surface area contributed by atoms with Crippen LogP contribution >= 0.6 is 0 Å². The second-order valence-corrected chi connectivity index (χ2v) is 5.81. The van der Waals surface area contributed by atoms with Crippen LogP contribution in [-0.2, 0) is 16.5 Å². The van der Waals surface area contributed by atoms with Gasteiger partial charge in [-0.25, -0.2) is 17.2 Å². The molecule has 2 aromatic rings. The van der Waals surface area contributed by atoms with Crippen LogP contribution in [0.5, 0.6) is 0 Å². The average Bonchev–Trinajstić information content (AvgIpc) is 2.36. The minimum Gasteiger partial charge on any atom is -0.744 e. The molecule has 0 spiro atoms. The van der Waals surface area contributed by atoms with Crippen molar-refractivity contribution in [2.45, 2.75) is 23.7 Å². The fraction of sp³-hybridized carbons (Fsp3) is 0.231. The normalized spacial score (nSPS) is 12.5. The Bertz CT molecular complexity index is 778.